The number of rotatable bonds is 9. The molecule has 0 bridgehead atoms. The van der Waals surface area contributed by atoms with E-state index in [4.69, 9.17) is 14.2 Å². The maximum atomic E-state index is 11.5. The van der Waals surface area contributed by atoms with Crippen molar-refractivity contribution in [3.63, 3.8) is 0 Å². The Morgan fingerprint density at radius 3 is 1.50 bits per heavy atom. The van der Waals surface area contributed by atoms with Crippen LogP contribution in [0.4, 0.5) is 0 Å². The second kappa shape index (κ2) is 15.5. The summed E-state index contributed by atoms with van der Waals surface area (Å²) in [7, 11) is 3.15. The van der Waals surface area contributed by atoms with E-state index in [1.54, 1.807) is 43.5 Å². The number of hydrogen-bond donors (Lipinski definition) is 1. The van der Waals surface area contributed by atoms with E-state index in [-0.39, 0.29) is 16.6 Å². The Labute approximate surface area is 259 Å². The molecule has 0 amide bonds. The molecule has 232 valence electrons. The van der Waals surface area contributed by atoms with Crippen LogP contribution in [0.5, 0.6) is 23.0 Å². The molecule has 0 spiro atoms. The fraction of sp³-hybridized carbons (Fsp3) is 0.278. The molecule has 0 aliphatic carbocycles. The molecular formula is C36H42N2O6. The topological polar surface area (TPSA) is 91.9 Å². The molecule has 4 aromatic rings. The number of aromatic nitrogens is 2. The first-order valence-electron chi connectivity index (χ1n) is 14.4. The zero-order valence-electron chi connectivity index (χ0n) is 26.8. The molecule has 0 radical (unpaired) electrons. The molecular weight excluding hydrogens is 556 g/mol. The molecule has 2 aromatic carbocycles. The molecule has 0 unspecified atom stereocenters. The van der Waals surface area contributed by atoms with Gasteiger partial charge in [0.15, 0.2) is 33.9 Å². The third-order valence-electron chi connectivity index (χ3n) is 6.72. The van der Waals surface area contributed by atoms with E-state index in [2.05, 4.69) is 13.8 Å². The lowest BCUT2D eigenvalue weighted by Crippen LogP contribution is -2.08. The summed E-state index contributed by atoms with van der Waals surface area (Å²) in [5.74, 6) is 2.45. The van der Waals surface area contributed by atoms with Crippen molar-refractivity contribution in [1.29, 1.82) is 0 Å². The fourth-order valence-electron chi connectivity index (χ4n) is 4.51. The van der Waals surface area contributed by atoms with E-state index < -0.39 is 0 Å². The Morgan fingerprint density at radius 1 is 0.659 bits per heavy atom. The molecule has 1 N–H and O–H groups in total. The quantitative estimate of drug-likeness (QED) is 0.224. The molecule has 0 saturated carbocycles. The van der Waals surface area contributed by atoms with Gasteiger partial charge in [-0.2, -0.15) is 0 Å². The van der Waals surface area contributed by atoms with Gasteiger partial charge < -0.3 is 28.5 Å². The monoisotopic (exact) mass is 598 g/mol. The summed E-state index contributed by atoms with van der Waals surface area (Å²) in [6.07, 6.45) is 7.68. The number of phenolic OH excluding ortho intramolecular Hbond substituents is 1. The maximum Gasteiger partial charge on any atom is 0.182 e. The molecule has 8 heteroatoms. The molecule has 0 saturated heterocycles. The van der Waals surface area contributed by atoms with Crippen molar-refractivity contribution in [3.8, 4) is 23.0 Å². The lowest BCUT2D eigenvalue weighted by molar-refractivity contribution is 0.257. The van der Waals surface area contributed by atoms with Crippen molar-refractivity contribution in [3.05, 3.63) is 115 Å². The van der Waals surface area contributed by atoms with E-state index >= 15 is 0 Å². The predicted molar refractivity (Wildman–Crippen MR) is 179 cm³/mol. The van der Waals surface area contributed by atoms with Gasteiger partial charge in [-0.25, -0.2) is 0 Å². The van der Waals surface area contributed by atoms with Crippen molar-refractivity contribution >= 4 is 24.6 Å². The molecule has 44 heavy (non-hydrogen) atoms. The summed E-state index contributed by atoms with van der Waals surface area (Å²) >= 11 is 0. The first kappa shape index (κ1) is 33.5. The molecule has 4 rings (SSSR count). The minimum absolute atomic E-state index is 0.00624. The van der Waals surface area contributed by atoms with E-state index in [0.29, 0.717) is 18.3 Å². The molecule has 0 aliphatic rings. The number of benzene rings is 2. The highest BCUT2D eigenvalue weighted by atomic mass is 16.5. The number of aromatic hydroxyl groups is 1. The van der Waals surface area contributed by atoms with E-state index in [1.807, 2.05) is 85.6 Å². The summed E-state index contributed by atoms with van der Waals surface area (Å²) in [5, 5.41) is 9.73. The number of aryl methyl sites for hydroxylation is 4. The minimum atomic E-state index is 0.00624. The van der Waals surface area contributed by atoms with Gasteiger partial charge >= 0.3 is 0 Å². The summed E-state index contributed by atoms with van der Waals surface area (Å²) in [4.78, 5) is 22.9. The highest BCUT2D eigenvalue weighted by Crippen LogP contribution is 2.29. The van der Waals surface area contributed by atoms with Crippen LogP contribution < -0.4 is 25.1 Å². The van der Waals surface area contributed by atoms with Crippen LogP contribution in [-0.4, -0.2) is 35.1 Å². The van der Waals surface area contributed by atoms with Crippen LogP contribution in [0.1, 0.15) is 47.8 Å². The average Bonchev–Trinajstić information content (AvgIpc) is 2.95. The Kier molecular flexibility index (Phi) is 11.8. The van der Waals surface area contributed by atoms with Crippen LogP contribution in [0.25, 0.3) is 24.6 Å². The van der Waals surface area contributed by atoms with Crippen molar-refractivity contribution in [1.82, 2.24) is 9.13 Å². The molecule has 0 aliphatic heterocycles. The van der Waals surface area contributed by atoms with Crippen LogP contribution >= 0.6 is 0 Å². The molecule has 2 aromatic heterocycles. The zero-order chi connectivity index (χ0) is 32.4. The minimum Gasteiger partial charge on any atom is -0.504 e. The third-order valence-corrected chi connectivity index (χ3v) is 6.72. The van der Waals surface area contributed by atoms with Crippen LogP contribution in [0.3, 0.4) is 0 Å². The molecule has 0 atom stereocenters. The van der Waals surface area contributed by atoms with E-state index in [1.165, 1.54) is 7.11 Å². The number of hydrogen-bond acceptors (Lipinski definition) is 6. The van der Waals surface area contributed by atoms with Gasteiger partial charge in [-0.3, -0.25) is 9.59 Å². The predicted octanol–water partition coefficient (Wildman–Crippen LogP) is 6.94. The van der Waals surface area contributed by atoms with Crippen molar-refractivity contribution in [2.24, 2.45) is 5.92 Å². The van der Waals surface area contributed by atoms with E-state index in [9.17, 15) is 14.7 Å². The van der Waals surface area contributed by atoms with Gasteiger partial charge in [0.2, 0.25) is 0 Å². The highest BCUT2D eigenvalue weighted by Gasteiger charge is 2.07. The standard InChI is InChI=1S/C20H25NO3.C16H17NO3/c1-14(2)13-24-20-12-17(6-7-19(20)23-5)8-9-21-15(3)10-18(22)11-16(21)4;1-11-8-14(18)9-12(2)17(11)7-6-13-4-5-16(20-3)15(19)10-13/h6-12,14H,13H2,1-5H3;4-10,19H,1-3H3/b9-8+;7-6+. The SMILES string of the molecule is COc1ccc(/C=C/n2c(C)cc(=O)cc2C)cc1O.COc1ccc(/C=C/n2c(C)cc(=O)cc2C)cc1OCC(C)C. The summed E-state index contributed by atoms with van der Waals surface area (Å²) in [6, 6.07) is 17.5. The second-order valence-electron chi connectivity index (χ2n) is 10.9. The molecule has 0 fully saturated rings. The van der Waals surface area contributed by atoms with Gasteiger partial charge in [0, 0.05) is 59.4 Å². The number of ether oxygens (including phenoxy) is 3. The fourth-order valence-corrected chi connectivity index (χ4v) is 4.51. The van der Waals surface area contributed by atoms with Gasteiger partial charge in [-0.1, -0.05) is 26.0 Å². The summed E-state index contributed by atoms with van der Waals surface area (Å²) in [6.45, 7) is 12.5. The molecule has 8 nitrogen and oxygen atoms in total. The Morgan fingerprint density at radius 2 is 1.09 bits per heavy atom. The number of methoxy groups -OCH3 is 2. The van der Waals surface area contributed by atoms with Crippen LogP contribution in [0, 0.1) is 33.6 Å². The number of pyridine rings is 2. The van der Waals surface area contributed by atoms with Gasteiger partial charge in [0.25, 0.3) is 0 Å². The summed E-state index contributed by atoms with van der Waals surface area (Å²) in [5.41, 5.74) is 5.43. The van der Waals surface area contributed by atoms with Crippen molar-refractivity contribution < 1.29 is 19.3 Å². The van der Waals surface area contributed by atoms with Gasteiger partial charge in [-0.15, -0.1) is 0 Å². The largest absolute Gasteiger partial charge is 0.504 e. The lowest BCUT2D eigenvalue weighted by Gasteiger charge is -2.13. The Balaban J connectivity index is 0.000000244. The number of nitrogens with zero attached hydrogens (tertiary/aromatic N) is 2. The van der Waals surface area contributed by atoms with Crippen LogP contribution in [-0.2, 0) is 0 Å². The van der Waals surface area contributed by atoms with Crippen molar-refractivity contribution in [2.75, 3.05) is 20.8 Å². The Bertz CT molecular complexity index is 1710. The third kappa shape index (κ3) is 9.26. The average molecular weight is 599 g/mol. The van der Waals surface area contributed by atoms with Crippen molar-refractivity contribution in [2.45, 2.75) is 41.5 Å². The maximum absolute atomic E-state index is 11.5. The summed E-state index contributed by atoms with van der Waals surface area (Å²) < 4.78 is 20.1. The smallest absolute Gasteiger partial charge is 0.182 e. The normalized spacial score (nSPS) is 11.1. The second-order valence-corrected chi connectivity index (χ2v) is 10.9. The first-order valence-corrected chi connectivity index (χ1v) is 14.4. The molecule has 2 heterocycles. The zero-order valence-corrected chi connectivity index (χ0v) is 26.8. The number of phenols is 1. The Hall–Kier alpha value is -4.98. The lowest BCUT2D eigenvalue weighted by atomic mass is 10.2. The first-order chi connectivity index (χ1) is 20.9. The van der Waals surface area contributed by atoms with Gasteiger partial charge in [0.05, 0.1) is 20.8 Å². The van der Waals surface area contributed by atoms with Gasteiger partial charge in [0.1, 0.15) is 0 Å². The van der Waals surface area contributed by atoms with Crippen LogP contribution in [0.15, 0.2) is 70.3 Å². The van der Waals surface area contributed by atoms with Crippen LogP contribution in [0.2, 0.25) is 0 Å². The highest BCUT2D eigenvalue weighted by molar-refractivity contribution is 5.65. The van der Waals surface area contributed by atoms with E-state index in [0.717, 1.165) is 45.4 Å². The van der Waals surface area contributed by atoms with Gasteiger partial charge in [-0.05, 0) is 81.2 Å².